The summed E-state index contributed by atoms with van der Waals surface area (Å²) >= 11 is 0. The molecule has 0 aromatic carbocycles. The van der Waals surface area contributed by atoms with Crippen molar-refractivity contribution in [3.8, 4) is 12.3 Å². The number of rotatable bonds is 7. The Balaban J connectivity index is 1.94. The second kappa shape index (κ2) is 6.68. The summed E-state index contributed by atoms with van der Waals surface area (Å²) in [5.41, 5.74) is 1.31. The van der Waals surface area contributed by atoms with Crippen LogP contribution in [0.25, 0.3) is 0 Å². The minimum Gasteiger partial charge on any atom is -0.463 e. The molecule has 1 aromatic heterocycles. The van der Waals surface area contributed by atoms with Gasteiger partial charge in [0.25, 0.3) is 0 Å². The van der Waals surface area contributed by atoms with Crippen molar-refractivity contribution in [3.05, 3.63) is 23.2 Å². The highest BCUT2D eigenvalue weighted by molar-refractivity contribution is 5.20. The summed E-state index contributed by atoms with van der Waals surface area (Å²) in [5, 5.41) is 3.47. The molecule has 1 heterocycles. The molecule has 0 radical (unpaired) electrons. The molecule has 1 aliphatic rings. The van der Waals surface area contributed by atoms with Crippen molar-refractivity contribution in [2.24, 2.45) is 5.92 Å². The van der Waals surface area contributed by atoms with Crippen LogP contribution < -0.4 is 5.32 Å². The molecule has 1 aliphatic carbocycles. The first kappa shape index (κ1) is 16.1. The molecule has 3 nitrogen and oxygen atoms in total. The molecule has 0 bridgehead atoms. The zero-order valence-electron chi connectivity index (χ0n) is 13.8. The highest BCUT2D eigenvalue weighted by Crippen LogP contribution is 2.30. The predicted octanol–water partition coefficient (Wildman–Crippen LogP) is 3.32. The van der Waals surface area contributed by atoms with Crippen LogP contribution in [0.4, 0.5) is 0 Å². The van der Waals surface area contributed by atoms with Crippen LogP contribution >= 0.6 is 0 Å². The monoisotopic (exact) mass is 288 g/mol. The van der Waals surface area contributed by atoms with Gasteiger partial charge in [-0.3, -0.25) is 4.90 Å². The highest BCUT2D eigenvalue weighted by atomic mass is 16.3. The van der Waals surface area contributed by atoms with E-state index in [1.807, 2.05) is 0 Å². The lowest BCUT2D eigenvalue weighted by Gasteiger charge is -2.20. The molecule has 1 N–H and O–H groups in total. The number of nitrogens with zero attached hydrogens (tertiary/aromatic N) is 1. The lowest BCUT2D eigenvalue weighted by Crippen LogP contribution is -2.35. The van der Waals surface area contributed by atoms with E-state index in [-0.39, 0.29) is 5.54 Å². The molecular formula is C18H28N2O. The number of hydrogen-bond acceptors (Lipinski definition) is 3. The minimum absolute atomic E-state index is 0.0981. The fraction of sp³-hybridized carbons (Fsp3) is 0.667. The summed E-state index contributed by atoms with van der Waals surface area (Å²) in [7, 11) is 0. The quantitative estimate of drug-likeness (QED) is 0.780. The van der Waals surface area contributed by atoms with Gasteiger partial charge >= 0.3 is 0 Å². The smallest absolute Gasteiger partial charge is 0.120 e. The van der Waals surface area contributed by atoms with Gasteiger partial charge in [0.1, 0.15) is 11.5 Å². The Hall–Kier alpha value is -1.24. The molecule has 3 heteroatoms. The Bertz CT molecular complexity index is 500. The van der Waals surface area contributed by atoms with Gasteiger partial charge in [-0.15, -0.1) is 6.42 Å². The van der Waals surface area contributed by atoms with Gasteiger partial charge in [0.05, 0.1) is 19.6 Å². The van der Waals surface area contributed by atoms with E-state index in [0.717, 1.165) is 37.1 Å². The van der Waals surface area contributed by atoms with Crippen LogP contribution in [0.1, 0.15) is 50.7 Å². The molecule has 0 amide bonds. The predicted molar refractivity (Wildman–Crippen MR) is 86.9 cm³/mol. The number of aryl methyl sites for hydroxylation is 1. The summed E-state index contributed by atoms with van der Waals surface area (Å²) in [6.07, 6.45) is 8.17. The maximum atomic E-state index is 6.02. The topological polar surface area (TPSA) is 28.4 Å². The van der Waals surface area contributed by atoms with Crippen LogP contribution in [0.2, 0.25) is 0 Å². The van der Waals surface area contributed by atoms with Gasteiger partial charge in [0, 0.05) is 12.1 Å². The third kappa shape index (κ3) is 5.57. The van der Waals surface area contributed by atoms with E-state index in [0.29, 0.717) is 6.54 Å². The second-order valence-electron chi connectivity index (χ2n) is 7.24. The molecule has 2 rings (SSSR count). The van der Waals surface area contributed by atoms with Gasteiger partial charge < -0.3 is 9.73 Å². The number of terminal acetylenes is 1. The van der Waals surface area contributed by atoms with Crippen molar-refractivity contribution in [1.29, 1.82) is 0 Å². The molecule has 0 spiro atoms. The fourth-order valence-corrected chi connectivity index (χ4v) is 2.39. The van der Waals surface area contributed by atoms with E-state index in [9.17, 15) is 0 Å². The summed E-state index contributed by atoms with van der Waals surface area (Å²) in [6.45, 7) is 12.0. The molecule has 0 unspecified atom stereocenters. The summed E-state index contributed by atoms with van der Waals surface area (Å²) in [6, 6.07) is 2.15. The second-order valence-corrected chi connectivity index (χ2v) is 7.24. The van der Waals surface area contributed by atoms with E-state index in [1.165, 1.54) is 18.4 Å². The molecule has 0 aliphatic heterocycles. The third-order valence-corrected chi connectivity index (χ3v) is 3.76. The van der Waals surface area contributed by atoms with Crippen LogP contribution in [-0.2, 0) is 13.1 Å². The summed E-state index contributed by atoms with van der Waals surface area (Å²) < 4.78 is 6.02. The van der Waals surface area contributed by atoms with E-state index in [1.54, 1.807) is 0 Å². The third-order valence-electron chi connectivity index (χ3n) is 3.76. The van der Waals surface area contributed by atoms with Crippen LogP contribution in [0.5, 0.6) is 0 Å². The van der Waals surface area contributed by atoms with Crippen molar-refractivity contribution in [2.75, 3.05) is 13.1 Å². The van der Waals surface area contributed by atoms with Crippen LogP contribution in [0.3, 0.4) is 0 Å². The van der Waals surface area contributed by atoms with Crippen molar-refractivity contribution < 1.29 is 4.42 Å². The molecule has 1 saturated carbocycles. The summed E-state index contributed by atoms with van der Waals surface area (Å²) in [5.74, 6) is 5.66. The fourth-order valence-electron chi connectivity index (χ4n) is 2.39. The Morgan fingerprint density at radius 1 is 1.43 bits per heavy atom. The van der Waals surface area contributed by atoms with Gasteiger partial charge in [0.15, 0.2) is 0 Å². The lowest BCUT2D eigenvalue weighted by atomic mass is 10.1. The molecule has 1 aromatic rings. The van der Waals surface area contributed by atoms with Crippen molar-refractivity contribution in [3.63, 3.8) is 0 Å². The normalized spacial score (nSPS) is 15.4. The average Bonchev–Trinajstić information content (AvgIpc) is 3.10. The zero-order chi connectivity index (χ0) is 15.5. The van der Waals surface area contributed by atoms with E-state index >= 15 is 0 Å². The SMILES string of the molecule is C#CCN(Cc1cc(C)c(CNC(C)(C)C)o1)CC1CC1. The average molecular weight is 288 g/mol. The van der Waals surface area contributed by atoms with Crippen molar-refractivity contribution in [1.82, 2.24) is 10.2 Å². The number of furan rings is 1. The van der Waals surface area contributed by atoms with E-state index in [4.69, 9.17) is 10.8 Å². The zero-order valence-corrected chi connectivity index (χ0v) is 13.8. The molecule has 0 atom stereocenters. The van der Waals surface area contributed by atoms with Gasteiger partial charge in [-0.05, 0) is 58.1 Å². The molecular weight excluding hydrogens is 260 g/mol. The molecule has 0 saturated heterocycles. The molecule has 1 fully saturated rings. The first-order valence-electron chi connectivity index (χ1n) is 7.86. The Morgan fingerprint density at radius 3 is 2.71 bits per heavy atom. The van der Waals surface area contributed by atoms with Gasteiger partial charge in [-0.25, -0.2) is 0 Å². The largest absolute Gasteiger partial charge is 0.463 e. The van der Waals surface area contributed by atoms with Crippen LogP contribution in [0.15, 0.2) is 10.5 Å². The van der Waals surface area contributed by atoms with E-state index in [2.05, 4.69) is 49.9 Å². The Kier molecular flexibility index (Phi) is 5.13. The first-order chi connectivity index (χ1) is 9.87. The maximum absolute atomic E-state index is 6.02. The Labute approximate surface area is 129 Å². The van der Waals surface area contributed by atoms with Crippen LogP contribution in [-0.4, -0.2) is 23.5 Å². The van der Waals surface area contributed by atoms with Gasteiger partial charge in [-0.2, -0.15) is 0 Å². The standard InChI is InChI=1S/C18H28N2O/c1-6-9-20(12-15-7-8-15)13-16-10-14(2)17(21-16)11-19-18(3,4)5/h1,10,15,19H,7-9,11-13H2,2-5H3. The number of nitrogens with one attached hydrogen (secondary N) is 1. The first-order valence-corrected chi connectivity index (χ1v) is 7.86. The minimum atomic E-state index is 0.0981. The van der Waals surface area contributed by atoms with Crippen molar-refractivity contribution in [2.45, 2.75) is 59.2 Å². The lowest BCUT2D eigenvalue weighted by molar-refractivity contribution is 0.256. The number of hydrogen-bond donors (Lipinski definition) is 1. The summed E-state index contributed by atoms with van der Waals surface area (Å²) in [4.78, 5) is 2.32. The molecule has 21 heavy (non-hydrogen) atoms. The van der Waals surface area contributed by atoms with Gasteiger partial charge in [0.2, 0.25) is 0 Å². The highest BCUT2D eigenvalue weighted by Gasteiger charge is 2.24. The maximum Gasteiger partial charge on any atom is 0.120 e. The van der Waals surface area contributed by atoms with Crippen molar-refractivity contribution >= 4 is 0 Å². The Morgan fingerprint density at radius 2 is 2.14 bits per heavy atom. The molecule has 116 valence electrons. The van der Waals surface area contributed by atoms with E-state index < -0.39 is 0 Å². The van der Waals surface area contributed by atoms with Crippen LogP contribution in [0, 0.1) is 25.2 Å². The van der Waals surface area contributed by atoms with Gasteiger partial charge in [-0.1, -0.05) is 5.92 Å².